The first-order valence-electron chi connectivity index (χ1n) is 3.12. The molecule has 0 radical (unpaired) electrons. The van der Waals surface area contributed by atoms with Gasteiger partial charge in [0, 0.05) is 11.8 Å². The molecule has 0 spiro atoms. The summed E-state index contributed by atoms with van der Waals surface area (Å²) < 4.78 is 24.6. The van der Waals surface area contributed by atoms with E-state index in [1.54, 1.807) is 0 Å². The summed E-state index contributed by atoms with van der Waals surface area (Å²) in [5.74, 6) is 0. The Balaban J connectivity index is 3.33. The zero-order valence-corrected chi connectivity index (χ0v) is 7.63. The average molecular weight is 212 g/mol. The highest BCUT2D eigenvalue weighted by molar-refractivity contribution is 6.33. The van der Waals surface area contributed by atoms with Crippen molar-refractivity contribution >= 4 is 23.2 Å². The van der Waals surface area contributed by atoms with Crippen molar-refractivity contribution in [2.24, 2.45) is 0 Å². The minimum Gasteiger partial charge on any atom is -0.243 e. The van der Waals surface area contributed by atoms with Gasteiger partial charge in [-0.1, -0.05) is 23.2 Å². The summed E-state index contributed by atoms with van der Waals surface area (Å²) in [4.78, 5) is 3.62. The Hall–Kier alpha value is -0.410. The van der Waals surface area contributed by atoms with E-state index >= 15 is 0 Å². The molecular weight excluding hydrogens is 207 g/mol. The highest BCUT2D eigenvalue weighted by atomic mass is 35.5. The molecule has 0 bridgehead atoms. The molecule has 0 fully saturated rings. The fourth-order valence-electron chi connectivity index (χ4n) is 0.838. The number of nitrogens with zero attached hydrogens (tertiary/aromatic N) is 1. The molecule has 0 aromatic carbocycles. The van der Waals surface area contributed by atoms with Crippen LogP contribution < -0.4 is 0 Å². The normalized spacial score (nSPS) is 10.8. The van der Waals surface area contributed by atoms with E-state index in [9.17, 15) is 8.78 Å². The molecule has 1 nitrogen and oxygen atoms in total. The summed E-state index contributed by atoms with van der Waals surface area (Å²) in [5, 5.41) is 0.0154. The second-order valence-corrected chi connectivity index (χ2v) is 3.00. The second kappa shape index (κ2) is 3.54. The number of rotatable bonds is 1. The Morgan fingerprint density at radius 1 is 1.42 bits per heavy atom. The van der Waals surface area contributed by atoms with Crippen molar-refractivity contribution in [3.8, 4) is 0 Å². The third-order valence-corrected chi connectivity index (χ3v) is 2.16. The second-order valence-electron chi connectivity index (χ2n) is 2.24. The summed E-state index contributed by atoms with van der Waals surface area (Å²) in [6.45, 7) is 1.46. The maximum absolute atomic E-state index is 12.3. The molecule has 0 N–H and O–H groups in total. The Morgan fingerprint density at radius 2 is 2.00 bits per heavy atom. The maximum atomic E-state index is 12.3. The van der Waals surface area contributed by atoms with Crippen molar-refractivity contribution in [3.05, 3.63) is 27.5 Å². The Labute approximate surface area is 78.3 Å². The van der Waals surface area contributed by atoms with E-state index in [1.165, 1.54) is 6.92 Å². The number of aromatic nitrogens is 1. The molecule has 0 aliphatic rings. The van der Waals surface area contributed by atoms with Gasteiger partial charge in [0.1, 0.15) is 5.15 Å². The lowest BCUT2D eigenvalue weighted by Gasteiger charge is -2.06. The lowest BCUT2D eigenvalue weighted by atomic mass is 10.2. The molecule has 66 valence electrons. The van der Waals surface area contributed by atoms with Gasteiger partial charge in [-0.25, -0.2) is 13.8 Å². The van der Waals surface area contributed by atoms with Crippen LogP contribution >= 0.6 is 23.2 Å². The van der Waals surface area contributed by atoms with Crippen molar-refractivity contribution in [1.82, 2.24) is 4.98 Å². The predicted octanol–water partition coefficient (Wildman–Crippen LogP) is 3.63. The van der Waals surface area contributed by atoms with Crippen LogP contribution in [0.1, 0.15) is 17.6 Å². The van der Waals surface area contributed by atoms with E-state index in [1.807, 2.05) is 0 Å². The minimum atomic E-state index is -2.61. The van der Waals surface area contributed by atoms with Gasteiger partial charge in [-0.2, -0.15) is 0 Å². The third kappa shape index (κ3) is 1.67. The van der Waals surface area contributed by atoms with Crippen LogP contribution in [0.5, 0.6) is 0 Å². The molecule has 0 saturated heterocycles. The van der Waals surface area contributed by atoms with Crippen LogP contribution in [-0.2, 0) is 0 Å². The molecule has 5 heteroatoms. The fraction of sp³-hybridized carbons (Fsp3) is 0.286. The topological polar surface area (TPSA) is 12.9 Å². The third-order valence-electron chi connectivity index (χ3n) is 1.48. The van der Waals surface area contributed by atoms with Gasteiger partial charge in [-0.3, -0.25) is 0 Å². The van der Waals surface area contributed by atoms with Crippen molar-refractivity contribution in [2.45, 2.75) is 13.3 Å². The van der Waals surface area contributed by atoms with Crippen LogP contribution in [0.25, 0.3) is 0 Å². The summed E-state index contributed by atoms with van der Waals surface area (Å²) in [7, 11) is 0. The quantitative estimate of drug-likeness (QED) is 0.647. The summed E-state index contributed by atoms with van der Waals surface area (Å²) in [6, 6.07) is 0. The lowest BCUT2D eigenvalue weighted by molar-refractivity contribution is 0.150. The largest absolute Gasteiger partial charge is 0.265 e. The predicted molar refractivity (Wildman–Crippen MR) is 44.0 cm³/mol. The van der Waals surface area contributed by atoms with Crippen LogP contribution in [-0.4, -0.2) is 4.98 Å². The fourth-order valence-corrected chi connectivity index (χ4v) is 1.26. The van der Waals surface area contributed by atoms with Crippen molar-refractivity contribution in [1.29, 1.82) is 0 Å². The SMILES string of the molecule is Cc1c(Cl)ncc(Cl)c1C(F)F. The Morgan fingerprint density at radius 3 is 2.42 bits per heavy atom. The molecular formula is C7H5Cl2F2N. The van der Waals surface area contributed by atoms with Crippen LogP contribution in [0, 0.1) is 6.92 Å². The average Bonchev–Trinajstić information content (AvgIpc) is 1.97. The van der Waals surface area contributed by atoms with E-state index in [-0.39, 0.29) is 21.3 Å². The van der Waals surface area contributed by atoms with E-state index < -0.39 is 6.43 Å². The van der Waals surface area contributed by atoms with E-state index in [0.717, 1.165) is 6.20 Å². The lowest BCUT2D eigenvalue weighted by Crippen LogP contribution is -1.94. The number of alkyl halides is 2. The van der Waals surface area contributed by atoms with Crippen LogP contribution in [0.15, 0.2) is 6.20 Å². The van der Waals surface area contributed by atoms with Crippen LogP contribution in [0.2, 0.25) is 10.2 Å². The summed E-state index contributed by atoms with van der Waals surface area (Å²) in [5.41, 5.74) is -0.00386. The molecule has 0 amide bonds. The van der Waals surface area contributed by atoms with Gasteiger partial charge in [0.2, 0.25) is 0 Å². The highest BCUT2D eigenvalue weighted by Crippen LogP contribution is 2.32. The van der Waals surface area contributed by atoms with Crippen LogP contribution in [0.3, 0.4) is 0 Å². The Bertz CT molecular complexity index is 302. The van der Waals surface area contributed by atoms with Crippen molar-refractivity contribution < 1.29 is 8.78 Å². The van der Waals surface area contributed by atoms with Gasteiger partial charge in [-0.05, 0) is 12.5 Å². The van der Waals surface area contributed by atoms with Crippen LogP contribution in [0.4, 0.5) is 8.78 Å². The van der Waals surface area contributed by atoms with Gasteiger partial charge in [0.05, 0.1) is 5.02 Å². The van der Waals surface area contributed by atoms with Gasteiger partial charge >= 0.3 is 0 Å². The number of hydrogen-bond donors (Lipinski definition) is 0. The molecule has 0 atom stereocenters. The molecule has 1 heterocycles. The van der Waals surface area contributed by atoms with Gasteiger partial charge in [0.15, 0.2) is 0 Å². The van der Waals surface area contributed by atoms with Crippen molar-refractivity contribution in [3.63, 3.8) is 0 Å². The zero-order valence-electron chi connectivity index (χ0n) is 6.11. The zero-order chi connectivity index (χ0) is 9.30. The highest BCUT2D eigenvalue weighted by Gasteiger charge is 2.17. The Kier molecular flexibility index (Phi) is 2.85. The standard InChI is InChI=1S/C7H5Cl2F2N/c1-3-5(7(10)11)4(8)2-12-6(3)9/h2,7H,1H3. The van der Waals surface area contributed by atoms with E-state index in [0.29, 0.717) is 0 Å². The van der Waals surface area contributed by atoms with Gasteiger partial charge in [-0.15, -0.1) is 0 Å². The number of pyridine rings is 1. The van der Waals surface area contributed by atoms with Crippen molar-refractivity contribution in [2.75, 3.05) is 0 Å². The minimum absolute atomic E-state index is 0.0492. The molecule has 1 aromatic heterocycles. The van der Waals surface area contributed by atoms with Gasteiger partial charge < -0.3 is 0 Å². The smallest absolute Gasteiger partial charge is 0.243 e. The molecule has 0 aliphatic heterocycles. The number of halogens is 4. The first-order chi connectivity index (χ1) is 5.54. The first-order valence-corrected chi connectivity index (χ1v) is 3.88. The van der Waals surface area contributed by atoms with E-state index in [2.05, 4.69) is 4.98 Å². The number of hydrogen-bond acceptors (Lipinski definition) is 1. The summed E-state index contributed by atoms with van der Waals surface area (Å²) in [6.07, 6.45) is -1.49. The van der Waals surface area contributed by atoms with Gasteiger partial charge in [0.25, 0.3) is 6.43 Å². The summed E-state index contributed by atoms with van der Waals surface area (Å²) >= 11 is 11.0. The first kappa shape index (κ1) is 9.68. The molecule has 0 unspecified atom stereocenters. The molecule has 12 heavy (non-hydrogen) atoms. The van der Waals surface area contributed by atoms with E-state index in [4.69, 9.17) is 23.2 Å². The maximum Gasteiger partial charge on any atom is 0.265 e. The molecule has 0 aliphatic carbocycles. The molecule has 1 aromatic rings. The monoisotopic (exact) mass is 211 g/mol. The molecule has 0 saturated carbocycles. The molecule has 1 rings (SSSR count).